The summed E-state index contributed by atoms with van der Waals surface area (Å²) >= 11 is 1.48. The van der Waals surface area contributed by atoms with Gasteiger partial charge in [-0.15, -0.1) is 11.3 Å². The van der Waals surface area contributed by atoms with Gasteiger partial charge in [-0.05, 0) is 43.3 Å². The number of sulfonamides is 1. The second-order valence-corrected chi connectivity index (χ2v) is 9.15. The van der Waals surface area contributed by atoms with Crippen molar-refractivity contribution < 1.29 is 17.9 Å². The quantitative estimate of drug-likeness (QED) is 0.621. The molecule has 0 aliphatic heterocycles. The number of hydrogen-bond acceptors (Lipinski definition) is 6. The van der Waals surface area contributed by atoms with Crippen LogP contribution in [0.25, 0.3) is 0 Å². The van der Waals surface area contributed by atoms with E-state index >= 15 is 0 Å². The molecule has 0 atom stereocenters. The van der Waals surface area contributed by atoms with Crippen LogP contribution in [-0.2, 0) is 16.6 Å². The van der Waals surface area contributed by atoms with Gasteiger partial charge in [-0.1, -0.05) is 12.1 Å². The van der Waals surface area contributed by atoms with E-state index in [1.54, 1.807) is 24.3 Å². The molecule has 0 radical (unpaired) electrons. The first kappa shape index (κ1) is 20.8. The number of carbonyl (C=O) groups excluding carboxylic acids is 1. The van der Waals surface area contributed by atoms with E-state index < -0.39 is 10.0 Å². The number of aryl methyl sites for hydroxylation is 1. The van der Waals surface area contributed by atoms with Crippen LogP contribution in [0, 0.1) is 6.92 Å². The number of carbonyl (C=O) groups is 1. The van der Waals surface area contributed by atoms with Crippen LogP contribution in [0.3, 0.4) is 0 Å². The van der Waals surface area contributed by atoms with E-state index in [4.69, 9.17) is 4.74 Å². The van der Waals surface area contributed by atoms with Crippen LogP contribution in [0.4, 0.5) is 5.69 Å². The molecule has 7 nitrogen and oxygen atoms in total. The molecule has 1 amide bonds. The normalized spacial score (nSPS) is 11.1. The smallest absolute Gasteiger partial charge is 0.264 e. The lowest BCUT2D eigenvalue weighted by Gasteiger charge is -2.21. The first-order chi connectivity index (χ1) is 13.8. The monoisotopic (exact) mass is 431 g/mol. The number of nitrogens with one attached hydrogen (secondary N) is 1. The van der Waals surface area contributed by atoms with Crippen LogP contribution in [0.1, 0.15) is 21.1 Å². The number of para-hydroxylation sites is 2. The zero-order chi connectivity index (χ0) is 21.0. The number of nitrogens with zero attached hydrogens (tertiary/aromatic N) is 2. The van der Waals surface area contributed by atoms with Gasteiger partial charge in [0.1, 0.15) is 10.8 Å². The highest BCUT2D eigenvalue weighted by Crippen LogP contribution is 2.30. The van der Waals surface area contributed by atoms with Crippen molar-refractivity contribution in [2.75, 3.05) is 18.5 Å². The number of amides is 1. The molecule has 0 aliphatic carbocycles. The highest BCUT2D eigenvalue weighted by atomic mass is 32.2. The lowest BCUT2D eigenvalue weighted by Crippen LogP contribution is -2.27. The van der Waals surface area contributed by atoms with Crippen molar-refractivity contribution in [2.24, 2.45) is 0 Å². The second-order valence-electron chi connectivity index (χ2n) is 6.23. The van der Waals surface area contributed by atoms with Gasteiger partial charge in [0.05, 0.1) is 24.2 Å². The summed E-state index contributed by atoms with van der Waals surface area (Å²) in [5.74, 6) is 0.159. The highest BCUT2D eigenvalue weighted by molar-refractivity contribution is 7.92. The van der Waals surface area contributed by atoms with Gasteiger partial charge in [0.2, 0.25) is 0 Å². The standard InChI is InChI=1S/C20H21N3O4S2/c1-14-13-28-19(22-14)12-21-20(24)15-8-10-16(11-9-15)29(25,26)23(2)17-6-4-5-7-18(17)27-3/h4-11,13H,12H2,1-3H3,(H,21,24). The van der Waals surface area contributed by atoms with Crippen molar-refractivity contribution in [2.45, 2.75) is 18.4 Å². The minimum atomic E-state index is -3.81. The second kappa shape index (κ2) is 8.62. The molecular weight excluding hydrogens is 410 g/mol. The number of aromatic nitrogens is 1. The summed E-state index contributed by atoms with van der Waals surface area (Å²) in [5, 5.41) is 5.51. The average molecular weight is 432 g/mol. The summed E-state index contributed by atoms with van der Waals surface area (Å²) in [5.41, 5.74) is 1.71. The van der Waals surface area contributed by atoms with Gasteiger partial charge in [0.25, 0.3) is 15.9 Å². The van der Waals surface area contributed by atoms with E-state index in [1.165, 1.54) is 49.8 Å². The molecule has 0 fully saturated rings. The van der Waals surface area contributed by atoms with E-state index in [2.05, 4.69) is 10.3 Å². The first-order valence-electron chi connectivity index (χ1n) is 8.74. The fourth-order valence-electron chi connectivity index (χ4n) is 2.70. The number of ether oxygens (including phenoxy) is 1. The van der Waals surface area contributed by atoms with Gasteiger partial charge in [0, 0.05) is 23.7 Å². The van der Waals surface area contributed by atoms with Crippen LogP contribution in [0.5, 0.6) is 5.75 Å². The number of hydrogen-bond donors (Lipinski definition) is 1. The van der Waals surface area contributed by atoms with Crippen LogP contribution in [-0.4, -0.2) is 33.5 Å². The minimum absolute atomic E-state index is 0.0815. The Hall–Kier alpha value is -2.91. The Bertz CT molecular complexity index is 1110. The number of anilines is 1. The SMILES string of the molecule is COc1ccccc1N(C)S(=O)(=O)c1ccc(C(=O)NCc2nc(C)cs2)cc1. The van der Waals surface area contributed by atoms with Crippen molar-refractivity contribution >= 4 is 33.0 Å². The molecule has 0 saturated carbocycles. The summed E-state index contributed by atoms with van der Waals surface area (Å²) < 4.78 is 32.3. The predicted molar refractivity (Wildman–Crippen MR) is 113 cm³/mol. The lowest BCUT2D eigenvalue weighted by atomic mass is 10.2. The van der Waals surface area contributed by atoms with Crippen LogP contribution in [0.2, 0.25) is 0 Å². The van der Waals surface area contributed by atoms with Gasteiger partial charge in [-0.25, -0.2) is 13.4 Å². The van der Waals surface area contributed by atoms with E-state index in [-0.39, 0.29) is 10.8 Å². The van der Waals surface area contributed by atoms with Gasteiger partial charge in [-0.3, -0.25) is 9.10 Å². The zero-order valence-corrected chi connectivity index (χ0v) is 17.9. The molecule has 1 heterocycles. The third-order valence-electron chi connectivity index (χ3n) is 4.27. The Balaban J connectivity index is 1.75. The summed E-state index contributed by atoms with van der Waals surface area (Å²) in [6.45, 7) is 2.22. The third-order valence-corrected chi connectivity index (χ3v) is 7.02. The molecule has 152 valence electrons. The van der Waals surface area contributed by atoms with Crippen molar-refractivity contribution in [3.05, 3.63) is 70.2 Å². The molecular formula is C20H21N3O4S2. The third kappa shape index (κ3) is 4.57. The van der Waals surface area contributed by atoms with Crippen LogP contribution < -0.4 is 14.4 Å². The average Bonchev–Trinajstić information content (AvgIpc) is 3.16. The molecule has 1 aromatic heterocycles. The minimum Gasteiger partial charge on any atom is -0.495 e. The molecule has 0 aliphatic rings. The number of benzene rings is 2. The molecule has 3 aromatic rings. The fraction of sp³-hybridized carbons (Fsp3) is 0.200. The topological polar surface area (TPSA) is 88.6 Å². The molecule has 0 unspecified atom stereocenters. The summed E-state index contributed by atoms with van der Waals surface area (Å²) in [6.07, 6.45) is 0. The molecule has 1 N–H and O–H groups in total. The summed E-state index contributed by atoms with van der Waals surface area (Å²) in [6, 6.07) is 12.7. The largest absolute Gasteiger partial charge is 0.495 e. The zero-order valence-electron chi connectivity index (χ0n) is 16.2. The fourth-order valence-corrected chi connectivity index (χ4v) is 4.62. The number of methoxy groups -OCH3 is 1. The Morgan fingerprint density at radius 2 is 1.86 bits per heavy atom. The first-order valence-corrected chi connectivity index (χ1v) is 11.1. The summed E-state index contributed by atoms with van der Waals surface area (Å²) in [7, 11) is -0.858. The molecule has 0 saturated heterocycles. The van der Waals surface area contributed by atoms with Gasteiger partial charge < -0.3 is 10.1 Å². The Labute approximate surface area is 174 Å². The van der Waals surface area contributed by atoms with Crippen molar-refractivity contribution in [1.29, 1.82) is 0 Å². The van der Waals surface area contributed by atoms with Gasteiger partial charge in [-0.2, -0.15) is 0 Å². The Morgan fingerprint density at radius 3 is 2.48 bits per heavy atom. The van der Waals surface area contributed by atoms with Gasteiger partial charge >= 0.3 is 0 Å². The van der Waals surface area contributed by atoms with E-state index in [9.17, 15) is 13.2 Å². The Morgan fingerprint density at radius 1 is 1.17 bits per heavy atom. The molecule has 9 heteroatoms. The lowest BCUT2D eigenvalue weighted by molar-refractivity contribution is 0.0950. The van der Waals surface area contributed by atoms with Crippen molar-refractivity contribution in [1.82, 2.24) is 10.3 Å². The molecule has 2 aromatic carbocycles. The van der Waals surface area contributed by atoms with Crippen LogP contribution >= 0.6 is 11.3 Å². The molecule has 0 spiro atoms. The highest BCUT2D eigenvalue weighted by Gasteiger charge is 2.23. The van der Waals surface area contributed by atoms with E-state index in [1.807, 2.05) is 12.3 Å². The molecule has 29 heavy (non-hydrogen) atoms. The van der Waals surface area contributed by atoms with E-state index in [0.29, 0.717) is 23.5 Å². The Kier molecular flexibility index (Phi) is 6.19. The van der Waals surface area contributed by atoms with Crippen molar-refractivity contribution in [3.8, 4) is 5.75 Å². The summed E-state index contributed by atoms with van der Waals surface area (Å²) in [4.78, 5) is 16.7. The maximum absolute atomic E-state index is 13.0. The number of rotatable bonds is 7. The van der Waals surface area contributed by atoms with Crippen LogP contribution in [0.15, 0.2) is 58.8 Å². The predicted octanol–water partition coefficient (Wildman–Crippen LogP) is 3.22. The van der Waals surface area contributed by atoms with Crippen molar-refractivity contribution in [3.63, 3.8) is 0 Å². The number of thiazole rings is 1. The molecule has 0 bridgehead atoms. The maximum atomic E-state index is 13.0. The molecule has 3 rings (SSSR count). The van der Waals surface area contributed by atoms with Gasteiger partial charge in [0.15, 0.2) is 0 Å². The maximum Gasteiger partial charge on any atom is 0.264 e. The van der Waals surface area contributed by atoms with E-state index in [0.717, 1.165) is 15.0 Å².